The van der Waals surface area contributed by atoms with Crippen LogP contribution < -0.4 is 10.6 Å². The molecule has 2 aromatic carbocycles. The zero-order valence-electron chi connectivity index (χ0n) is 11.5. The lowest BCUT2D eigenvalue weighted by Crippen LogP contribution is -2.18. The van der Waals surface area contributed by atoms with Gasteiger partial charge < -0.3 is 10.6 Å². The summed E-state index contributed by atoms with van der Waals surface area (Å²) in [6.45, 7) is 1.88. The first-order chi connectivity index (χ1) is 9.61. The number of rotatable bonds is 4. The molecule has 0 aliphatic carbocycles. The van der Waals surface area contributed by atoms with E-state index in [9.17, 15) is 9.18 Å². The fourth-order valence-corrected chi connectivity index (χ4v) is 2.05. The van der Waals surface area contributed by atoms with E-state index in [1.165, 1.54) is 6.07 Å². The van der Waals surface area contributed by atoms with Crippen molar-refractivity contribution in [1.82, 2.24) is 5.32 Å². The van der Waals surface area contributed by atoms with E-state index in [1.54, 1.807) is 43.4 Å². The van der Waals surface area contributed by atoms with Gasteiger partial charge in [-0.3, -0.25) is 4.79 Å². The summed E-state index contributed by atoms with van der Waals surface area (Å²) in [5.74, 6) is -0.387. The van der Waals surface area contributed by atoms with Crippen molar-refractivity contribution in [3.8, 4) is 0 Å². The van der Waals surface area contributed by atoms with Crippen molar-refractivity contribution in [2.45, 2.75) is 13.0 Å². The molecule has 104 valence electrons. The number of anilines is 1. The van der Waals surface area contributed by atoms with Crippen LogP contribution >= 0.6 is 0 Å². The molecule has 2 aromatic rings. The SMILES string of the molecule is CNC(=O)c1cccc(NC(C)c2ccccc2F)c1. The molecule has 0 aromatic heterocycles. The molecular weight excluding hydrogens is 255 g/mol. The van der Waals surface area contributed by atoms with Crippen LogP contribution in [0, 0.1) is 5.82 Å². The Morgan fingerprint density at radius 3 is 2.60 bits per heavy atom. The Balaban J connectivity index is 2.18. The van der Waals surface area contributed by atoms with Gasteiger partial charge in [0.25, 0.3) is 5.91 Å². The van der Waals surface area contributed by atoms with E-state index >= 15 is 0 Å². The van der Waals surface area contributed by atoms with Crippen LogP contribution in [0.5, 0.6) is 0 Å². The van der Waals surface area contributed by atoms with Gasteiger partial charge >= 0.3 is 0 Å². The Kier molecular flexibility index (Phi) is 4.35. The van der Waals surface area contributed by atoms with E-state index < -0.39 is 0 Å². The number of nitrogens with one attached hydrogen (secondary N) is 2. The summed E-state index contributed by atoms with van der Waals surface area (Å²) in [6, 6.07) is 13.6. The zero-order chi connectivity index (χ0) is 14.5. The van der Waals surface area contributed by atoms with Crippen LogP contribution in [0.2, 0.25) is 0 Å². The van der Waals surface area contributed by atoms with Crippen LogP contribution in [0.1, 0.15) is 28.9 Å². The monoisotopic (exact) mass is 272 g/mol. The van der Waals surface area contributed by atoms with Crippen LogP contribution in [-0.2, 0) is 0 Å². The molecule has 20 heavy (non-hydrogen) atoms. The maximum atomic E-state index is 13.7. The summed E-state index contributed by atoms with van der Waals surface area (Å²) in [5, 5.41) is 5.77. The molecule has 2 N–H and O–H groups in total. The second-order valence-corrected chi connectivity index (χ2v) is 4.55. The van der Waals surface area contributed by atoms with Gasteiger partial charge in [-0.15, -0.1) is 0 Å². The molecule has 1 unspecified atom stereocenters. The van der Waals surface area contributed by atoms with Gasteiger partial charge in [0.2, 0.25) is 0 Å². The van der Waals surface area contributed by atoms with E-state index in [0.717, 1.165) is 5.69 Å². The maximum Gasteiger partial charge on any atom is 0.251 e. The number of benzene rings is 2. The number of carbonyl (C=O) groups is 1. The first-order valence-electron chi connectivity index (χ1n) is 6.45. The van der Waals surface area contributed by atoms with Crippen molar-refractivity contribution in [1.29, 1.82) is 0 Å². The average molecular weight is 272 g/mol. The lowest BCUT2D eigenvalue weighted by Gasteiger charge is -2.16. The molecule has 0 heterocycles. The van der Waals surface area contributed by atoms with Gasteiger partial charge in [-0.1, -0.05) is 24.3 Å². The van der Waals surface area contributed by atoms with E-state index in [2.05, 4.69) is 10.6 Å². The Labute approximate surface area is 117 Å². The summed E-state index contributed by atoms with van der Waals surface area (Å²) in [7, 11) is 1.59. The first kappa shape index (κ1) is 14.1. The number of halogens is 1. The normalized spacial score (nSPS) is 11.8. The molecule has 0 saturated heterocycles. The molecule has 1 amide bonds. The summed E-state index contributed by atoms with van der Waals surface area (Å²) in [4.78, 5) is 11.6. The largest absolute Gasteiger partial charge is 0.378 e. The van der Waals surface area contributed by atoms with Gasteiger partial charge in [0.05, 0.1) is 6.04 Å². The predicted octanol–water partition coefficient (Wildman–Crippen LogP) is 3.36. The van der Waals surface area contributed by atoms with E-state index in [4.69, 9.17) is 0 Å². The molecule has 0 spiro atoms. The molecule has 0 radical (unpaired) electrons. The minimum absolute atomic E-state index is 0.146. The molecular formula is C16H17FN2O. The van der Waals surface area contributed by atoms with Crippen LogP contribution in [-0.4, -0.2) is 13.0 Å². The molecule has 1 atom stereocenters. The highest BCUT2D eigenvalue weighted by atomic mass is 19.1. The van der Waals surface area contributed by atoms with Gasteiger partial charge in [0, 0.05) is 23.9 Å². The summed E-state index contributed by atoms with van der Waals surface area (Å²) >= 11 is 0. The van der Waals surface area contributed by atoms with Gasteiger partial charge in [0.15, 0.2) is 0 Å². The highest BCUT2D eigenvalue weighted by Gasteiger charge is 2.11. The van der Waals surface area contributed by atoms with Crippen LogP contribution in [0.25, 0.3) is 0 Å². The first-order valence-corrected chi connectivity index (χ1v) is 6.45. The fraction of sp³-hybridized carbons (Fsp3) is 0.188. The van der Waals surface area contributed by atoms with Crippen LogP contribution in [0.15, 0.2) is 48.5 Å². The van der Waals surface area contributed by atoms with Crippen LogP contribution in [0.3, 0.4) is 0 Å². The van der Waals surface area contributed by atoms with Crippen LogP contribution in [0.4, 0.5) is 10.1 Å². The average Bonchev–Trinajstić information content (AvgIpc) is 2.47. The summed E-state index contributed by atoms with van der Waals surface area (Å²) in [5.41, 5.74) is 1.94. The van der Waals surface area contributed by atoms with Crippen molar-refractivity contribution in [3.63, 3.8) is 0 Å². The van der Waals surface area contributed by atoms with Crippen molar-refractivity contribution in [2.75, 3.05) is 12.4 Å². The van der Waals surface area contributed by atoms with Crippen molar-refractivity contribution < 1.29 is 9.18 Å². The second kappa shape index (κ2) is 6.19. The minimum atomic E-state index is -0.241. The third-order valence-corrected chi connectivity index (χ3v) is 3.11. The van der Waals surface area contributed by atoms with E-state index in [0.29, 0.717) is 11.1 Å². The third kappa shape index (κ3) is 3.15. The smallest absolute Gasteiger partial charge is 0.251 e. The number of hydrogen-bond acceptors (Lipinski definition) is 2. The van der Waals surface area contributed by atoms with Gasteiger partial charge in [0.1, 0.15) is 5.82 Å². The highest BCUT2D eigenvalue weighted by Crippen LogP contribution is 2.22. The van der Waals surface area contributed by atoms with Gasteiger partial charge in [-0.2, -0.15) is 0 Å². The topological polar surface area (TPSA) is 41.1 Å². The lowest BCUT2D eigenvalue weighted by molar-refractivity contribution is 0.0963. The molecule has 0 aliphatic rings. The standard InChI is InChI=1S/C16H17FN2O/c1-11(14-8-3-4-9-15(14)17)19-13-7-5-6-12(10-13)16(20)18-2/h3-11,19H,1-2H3,(H,18,20). The number of carbonyl (C=O) groups excluding carboxylic acids is 1. The van der Waals surface area contributed by atoms with Crippen molar-refractivity contribution in [2.24, 2.45) is 0 Å². The maximum absolute atomic E-state index is 13.7. The summed E-state index contributed by atoms with van der Waals surface area (Å²) < 4.78 is 13.7. The molecule has 3 nitrogen and oxygen atoms in total. The molecule has 4 heteroatoms. The molecule has 2 rings (SSSR count). The van der Waals surface area contributed by atoms with Gasteiger partial charge in [-0.05, 0) is 31.2 Å². The predicted molar refractivity (Wildman–Crippen MR) is 78.3 cm³/mol. The highest BCUT2D eigenvalue weighted by molar-refractivity contribution is 5.94. The van der Waals surface area contributed by atoms with E-state index in [-0.39, 0.29) is 17.8 Å². The Bertz CT molecular complexity index is 613. The Morgan fingerprint density at radius 1 is 1.15 bits per heavy atom. The van der Waals surface area contributed by atoms with Crippen molar-refractivity contribution >= 4 is 11.6 Å². The quantitative estimate of drug-likeness (QED) is 0.896. The zero-order valence-corrected chi connectivity index (χ0v) is 11.5. The van der Waals surface area contributed by atoms with Crippen molar-refractivity contribution in [3.05, 3.63) is 65.5 Å². The lowest BCUT2D eigenvalue weighted by atomic mass is 10.1. The molecule has 0 fully saturated rings. The molecule has 0 bridgehead atoms. The van der Waals surface area contributed by atoms with E-state index in [1.807, 2.05) is 13.0 Å². The molecule has 0 saturated carbocycles. The van der Waals surface area contributed by atoms with Gasteiger partial charge in [-0.25, -0.2) is 4.39 Å². The number of hydrogen-bond donors (Lipinski definition) is 2. The second-order valence-electron chi connectivity index (χ2n) is 4.55. The number of amides is 1. The third-order valence-electron chi connectivity index (χ3n) is 3.11. The summed E-state index contributed by atoms with van der Waals surface area (Å²) in [6.07, 6.45) is 0. The Hall–Kier alpha value is -2.36. The molecule has 0 aliphatic heterocycles. The minimum Gasteiger partial charge on any atom is -0.378 e. The Morgan fingerprint density at radius 2 is 1.90 bits per heavy atom. The fourth-order valence-electron chi connectivity index (χ4n) is 2.05.